The Labute approximate surface area is 120 Å². The van der Waals surface area contributed by atoms with Crippen LogP contribution in [0.15, 0.2) is 30.5 Å². The fourth-order valence-electron chi connectivity index (χ4n) is 3.80. The Hall–Kier alpha value is -2.50. The molecular formula is C15H12N2O4. The van der Waals surface area contributed by atoms with Crippen molar-refractivity contribution in [2.24, 2.45) is 23.7 Å². The number of hydrogen-bond acceptors (Lipinski definition) is 4. The van der Waals surface area contributed by atoms with E-state index < -0.39 is 5.97 Å². The van der Waals surface area contributed by atoms with E-state index in [2.05, 4.69) is 4.98 Å². The topological polar surface area (TPSA) is 87.6 Å². The Balaban J connectivity index is 1.69. The van der Waals surface area contributed by atoms with Crippen molar-refractivity contribution in [3.63, 3.8) is 0 Å². The molecule has 0 aromatic carbocycles. The van der Waals surface area contributed by atoms with Crippen molar-refractivity contribution in [2.75, 3.05) is 4.90 Å². The predicted octanol–water partition coefficient (Wildman–Crippen LogP) is 1.09. The number of aromatic nitrogens is 1. The van der Waals surface area contributed by atoms with E-state index in [0.717, 1.165) is 6.42 Å². The van der Waals surface area contributed by atoms with Crippen molar-refractivity contribution in [3.8, 4) is 0 Å². The smallest absolute Gasteiger partial charge is 0.354 e. The van der Waals surface area contributed by atoms with E-state index in [9.17, 15) is 14.4 Å². The maximum absolute atomic E-state index is 12.5. The molecule has 21 heavy (non-hydrogen) atoms. The standard InChI is InChI=1S/C15H12N2O4/c18-13-11-7-1-2-8(5-7)12(11)14(19)17(13)9-3-4-10(15(20)21)16-6-9/h1-4,6-8,11-12H,5H2,(H,20,21). The number of amides is 2. The summed E-state index contributed by atoms with van der Waals surface area (Å²) in [5, 5.41) is 8.84. The Morgan fingerprint density at radius 3 is 2.24 bits per heavy atom. The van der Waals surface area contributed by atoms with Crippen LogP contribution in [0.1, 0.15) is 16.9 Å². The Bertz CT molecular complexity index is 664. The minimum Gasteiger partial charge on any atom is -0.477 e. The van der Waals surface area contributed by atoms with Gasteiger partial charge in [0.2, 0.25) is 11.8 Å². The molecule has 4 unspecified atom stereocenters. The van der Waals surface area contributed by atoms with Gasteiger partial charge in [-0.05, 0) is 30.4 Å². The summed E-state index contributed by atoms with van der Waals surface area (Å²) >= 11 is 0. The van der Waals surface area contributed by atoms with E-state index in [-0.39, 0.29) is 41.2 Å². The highest BCUT2D eigenvalue weighted by atomic mass is 16.4. The summed E-state index contributed by atoms with van der Waals surface area (Å²) in [7, 11) is 0. The lowest BCUT2D eigenvalue weighted by atomic mass is 9.85. The van der Waals surface area contributed by atoms with E-state index in [1.54, 1.807) is 0 Å². The quantitative estimate of drug-likeness (QED) is 0.649. The fourth-order valence-corrected chi connectivity index (χ4v) is 3.80. The number of carbonyl (C=O) groups is 3. The van der Waals surface area contributed by atoms with Crippen molar-refractivity contribution >= 4 is 23.5 Å². The molecule has 2 amide bonds. The van der Waals surface area contributed by atoms with Gasteiger partial charge in [0.15, 0.2) is 0 Å². The van der Waals surface area contributed by atoms with Gasteiger partial charge in [0.1, 0.15) is 5.69 Å². The molecule has 0 radical (unpaired) electrons. The minimum atomic E-state index is -1.14. The first-order chi connectivity index (χ1) is 10.1. The van der Waals surface area contributed by atoms with Crippen LogP contribution >= 0.6 is 0 Å². The third kappa shape index (κ3) is 1.53. The number of pyridine rings is 1. The van der Waals surface area contributed by atoms with Crippen molar-refractivity contribution in [2.45, 2.75) is 6.42 Å². The van der Waals surface area contributed by atoms with Crippen LogP contribution in [0.2, 0.25) is 0 Å². The van der Waals surface area contributed by atoms with Crippen LogP contribution in [0.4, 0.5) is 5.69 Å². The second kappa shape index (κ2) is 4.00. The second-order valence-corrected chi connectivity index (χ2v) is 5.72. The molecule has 2 aliphatic carbocycles. The Morgan fingerprint density at radius 1 is 1.14 bits per heavy atom. The van der Waals surface area contributed by atoms with Gasteiger partial charge in [-0.15, -0.1) is 0 Å². The van der Waals surface area contributed by atoms with Gasteiger partial charge in [0.25, 0.3) is 0 Å². The highest BCUT2D eigenvalue weighted by Gasteiger charge is 2.59. The third-order valence-electron chi connectivity index (χ3n) is 4.70. The van der Waals surface area contributed by atoms with E-state index in [1.165, 1.54) is 23.2 Å². The first kappa shape index (κ1) is 12.3. The highest BCUT2D eigenvalue weighted by Crippen LogP contribution is 2.53. The van der Waals surface area contributed by atoms with Crippen LogP contribution in [-0.2, 0) is 9.59 Å². The number of imide groups is 1. The van der Waals surface area contributed by atoms with E-state index in [0.29, 0.717) is 5.69 Å². The molecule has 6 nitrogen and oxygen atoms in total. The number of nitrogens with zero attached hydrogens (tertiary/aromatic N) is 2. The normalized spacial score (nSPS) is 32.9. The van der Waals surface area contributed by atoms with Crippen molar-refractivity contribution < 1.29 is 19.5 Å². The first-order valence-corrected chi connectivity index (χ1v) is 6.83. The number of carboxylic acid groups (broad SMARTS) is 1. The SMILES string of the molecule is O=C(O)c1ccc(N2C(=O)C3C4C=CC(C4)C3C2=O)cn1. The van der Waals surface area contributed by atoms with Crippen LogP contribution in [0.3, 0.4) is 0 Å². The molecule has 1 saturated heterocycles. The average molecular weight is 284 g/mol. The van der Waals surface area contributed by atoms with Crippen molar-refractivity contribution in [3.05, 3.63) is 36.2 Å². The molecule has 1 aromatic heterocycles. The van der Waals surface area contributed by atoms with Gasteiger partial charge < -0.3 is 5.11 Å². The largest absolute Gasteiger partial charge is 0.477 e. The summed E-state index contributed by atoms with van der Waals surface area (Å²) in [6.45, 7) is 0. The molecule has 106 valence electrons. The van der Waals surface area contributed by atoms with Gasteiger partial charge in [0, 0.05) is 0 Å². The van der Waals surface area contributed by atoms with Gasteiger partial charge in [-0.1, -0.05) is 12.2 Å². The molecule has 1 N–H and O–H groups in total. The number of anilines is 1. The van der Waals surface area contributed by atoms with E-state index in [1.807, 2.05) is 12.2 Å². The number of carboxylic acids is 1. The number of fused-ring (bicyclic) bond motifs is 5. The molecule has 4 atom stereocenters. The zero-order chi connectivity index (χ0) is 14.7. The van der Waals surface area contributed by atoms with Crippen molar-refractivity contribution in [1.29, 1.82) is 0 Å². The second-order valence-electron chi connectivity index (χ2n) is 5.72. The zero-order valence-electron chi connectivity index (χ0n) is 11.0. The molecule has 1 aliphatic heterocycles. The number of hydrogen-bond donors (Lipinski definition) is 1. The maximum Gasteiger partial charge on any atom is 0.354 e. The van der Waals surface area contributed by atoms with Crippen LogP contribution in [-0.4, -0.2) is 27.9 Å². The summed E-state index contributed by atoms with van der Waals surface area (Å²) < 4.78 is 0. The maximum atomic E-state index is 12.5. The van der Waals surface area contributed by atoms with Crippen LogP contribution in [0.5, 0.6) is 0 Å². The van der Waals surface area contributed by atoms with Gasteiger partial charge >= 0.3 is 5.97 Å². The highest BCUT2D eigenvalue weighted by molar-refractivity contribution is 6.22. The molecule has 1 aromatic rings. The summed E-state index contributed by atoms with van der Waals surface area (Å²) in [5.41, 5.74) is 0.239. The van der Waals surface area contributed by atoms with Gasteiger partial charge in [0.05, 0.1) is 23.7 Å². The summed E-state index contributed by atoms with van der Waals surface area (Å²) in [5.74, 6) is -1.71. The number of rotatable bonds is 2. The Kier molecular flexibility index (Phi) is 2.34. The molecule has 6 heteroatoms. The molecule has 1 saturated carbocycles. The molecule has 0 spiro atoms. The number of aromatic carboxylic acids is 1. The lowest BCUT2D eigenvalue weighted by Crippen LogP contribution is -2.33. The molecule has 3 aliphatic rings. The number of carbonyl (C=O) groups excluding carboxylic acids is 2. The Morgan fingerprint density at radius 2 is 1.76 bits per heavy atom. The van der Waals surface area contributed by atoms with Gasteiger partial charge in [-0.2, -0.15) is 0 Å². The van der Waals surface area contributed by atoms with Crippen LogP contribution in [0, 0.1) is 23.7 Å². The lowest BCUT2D eigenvalue weighted by Gasteiger charge is -2.16. The molecule has 2 heterocycles. The third-order valence-corrected chi connectivity index (χ3v) is 4.70. The monoisotopic (exact) mass is 284 g/mol. The summed E-state index contributed by atoms with van der Waals surface area (Å²) in [4.78, 5) is 40.8. The molecule has 2 bridgehead atoms. The molecule has 2 fully saturated rings. The lowest BCUT2D eigenvalue weighted by molar-refractivity contribution is -0.123. The summed E-state index contributed by atoms with van der Waals surface area (Å²) in [6.07, 6.45) is 6.23. The predicted molar refractivity (Wildman–Crippen MR) is 71.4 cm³/mol. The van der Waals surface area contributed by atoms with E-state index >= 15 is 0 Å². The summed E-state index contributed by atoms with van der Waals surface area (Å²) in [6, 6.07) is 2.77. The van der Waals surface area contributed by atoms with Gasteiger partial charge in [-0.3, -0.25) is 9.59 Å². The average Bonchev–Trinajstić information content (AvgIpc) is 3.13. The molecule has 4 rings (SSSR count). The minimum absolute atomic E-state index is 0.111. The van der Waals surface area contributed by atoms with E-state index in [4.69, 9.17) is 5.11 Å². The fraction of sp³-hybridized carbons (Fsp3) is 0.333. The van der Waals surface area contributed by atoms with Crippen LogP contribution in [0.25, 0.3) is 0 Å². The zero-order valence-corrected chi connectivity index (χ0v) is 11.0. The number of allylic oxidation sites excluding steroid dienone is 2. The van der Waals surface area contributed by atoms with Crippen molar-refractivity contribution in [1.82, 2.24) is 4.98 Å². The van der Waals surface area contributed by atoms with Gasteiger partial charge in [-0.25, -0.2) is 14.7 Å². The molecular weight excluding hydrogens is 272 g/mol. The first-order valence-electron chi connectivity index (χ1n) is 6.83. The van der Waals surface area contributed by atoms with Crippen LogP contribution < -0.4 is 4.90 Å².